The van der Waals surface area contributed by atoms with Crippen LogP contribution < -0.4 is 56.1 Å². The van der Waals surface area contributed by atoms with Gasteiger partial charge in [0.1, 0.15) is 5.75 Å². The molecule has 2 rings (SSSR count). The Kier molecular flexibility index (Phi) is 6.37. The maximum absolute atomic E-state index is 11.4. The van der Waals surface area contributed by atoms with Crippen molar-refractivity contribution >= 4 is 16.7 Å². The summed E-state index contributed by atoms with van der Waals surface area (Å²) in [6.45, 7) is 1.96. The molecule has 0 N–H and O–H groups in total. The Bertz CT molecular complexity index is 509. The third-order valence-corrected chi connectivity index (χ3v) is 2.43. The molecule has 0 spiro atoms. The van der Waals surface area contributed by atoms with Gasteiger partial charge in [-0.1, -0.05) is 43.3 Å². The molecule has 0 heterocycles. The summed E-state index contributed by atoms with van der Waals surface area (Å²) in [6, 6.07) is 13.6. The van der Waals surface area contributed by atoms with Gasteiger partial charge in [-0.3, -0.25) is 4.79 Å². The van der Waals surface area contributed by atoms with Gasteiger partial charge in [0.15, 0.2) is 0 Å². The predicted molar refractivity (Wildman–Crippen MR) is 65.6 cm³/mol. The molecule has 0 aromatic heterocycles. The van der Waals surface area contributed by atoms with Gasteiger partial charge in [0, 0.05) is 11.8 Å². The van der Waals surface area contributed by atoms with Crippen LogP contribution in [0.2, 0.25) is 0 Å². The van der Waals surface area contributed by atoms with Crippen LogP contribution in [0.5, 0.6) is 5.75 Å². The van der Waals surface area contributed by atoms with Crippen LogP contribution >= 0.6 is 0 Å². The van der Waals surface area contributed by atoms with Crippen LogP contribution in [-0.2, 0) is 4.79 Å². The van der Waals surface area contributed by atoms with Crippen LogP contribution in [0.15, 0.2) is 42.5 Å². The first kappa shape index (κ1) is 14.9. The molecule has 0 aliphatic heterocycles. The number of rotatable bonds is 3. The number of esters is 1. The molecule has 0 atom stereocenters. The molecule has 0 unspecified atom stereocenters. The number of hydrogen-bond acceptors (Lipinski definition) is 2. The summed E-state index contributed by atoms with van der Waals surface area (Å²) in [5.41, 5.74) is 0. The fraction of sp³-hybridized carbons (Fsp3) is 0.214. The van der Waals surface area contributed by atoms with E-state index in [1.54, 1.807) is 0 Å². The maximum atomic E-state index is 11.4. The minimum absolute atomic E-state index is 0. The minimum Gasteiger partial charge on any atom is -1.00 e. The summed E-state index contributed by atoms with van der Waals surface area (Å²) in [4.78, 5) is 11.4. The van der Waals surface area contributed by atoms with Crippen molar-refractivity contribution in [1.29, 1.82) is 0 Å². The molecule has 2 nitrogen and oxygen atoms in total. The van der Waals surface area contributed by atoms with Crippen molar-refractivity contribution in [2.45, 2.75) is 19.8 Å². The summed E-state index contributed by atoms with van der Waals surface area (Å²) >= 11 is 0. The van der Waals surface area contributed by atoms with Crippen molar-refractivity contribution in [3.05, 3.63) is 42.5 Å². The number of hydrogen-bond donors (Lipinski definition) is 0. The molecular weight excluding hydrogens is 239 g/mol. The van der Waals surface area contributed by atoms with E-state index in [9.17, 15) is 4.79 Å². The molecule has 0 saturated carbocycles. The third kappa shape index (κ3) is 3.90. The van der Waals surface area contributed by atoms with E-state index in [4.69, 9.17) is 4.74 Å². The maximum Gasteiger partial charge on any atom is 1.00 e. The zero-order chi connectivity index (χ0) is 11.4. The molecule has 0 radical (unpaired) electrons. The Labute approximate surface area is 145 Å². The standard InChI is InChI=1S/C14H14O2.K.H/c1-2-6-14(15)16-13-10-5-8-11-7-3-4-9-12(11)13;;/h3-5,7-10H,2,6H2,1H3;;/q;+1;-1. The number of carbonyl (C=O) groups excluding carboxylic acids is 1. The molecule has 2 aromatic rings. The Morgan fingerprint density at radius 3 is 2.65 bits per heavy atom. The third-order valence-electron chi connectivity index (χ3n) is 2.43. The molecule has 3 heteroatoms. The van der Waals surface area contributed by atoms with Crippen LogP contribution in [0, 0.1) is 0 Å². The van der Waals surface area contributed by atoms with Gasteiger partial charge in [0.05, 0.1) is 0 Å². The summed E-state index contributed by atoms with van der Waals surface area (Å²) in [5.74, 6) is 0.482. The molecule has 0 bridgehead atoms. The molecule has 2 aromatic carbocycles. The van der Waals surface area contributed by atoms with Gasteiger partial charge in [-0.2, -0.15) is 0 Å². The zero-order valence-corrected chi connectivity index (χ0v) is 13.4. The molecule has 0 aliphatic rings. The Morgan fingerprint density at radius 1 is 1.18 bits per heavy atom. The number of benzene rings is 2. The number of fused-ring (bicyclic) bond motifs is 1. The van der Waals surface area contributed by atoms with Crippen LogP contribution in [0.4, 0.5) is 0 Å². The second kappa shape index (κ2) is 7.29. The van der Waals surface area contributed by atoms with Gasteiger partial charge in [0.25, 0.3) is 0 Å². The van der Waals surface area contributed by atoms with E-state index < -0.39 is 0 Å². The van der Waals surface area contributed by atoms with Crippen molar-refractivity contribution in [1.82, 2.24) is 0 Å². The second-order valence-corrected chi connectivity index (χ2v) is 3.70. The molecule has 0 aliphatic carbocycles. The van der Waals surface area contributed by atoms with Gasteiger partial charge in [-0.05, 0) is 17.9 Å². The topological polar surface area (TPSA) is 26.3 Å². The Hall–Kier alpha value is -0.194. The van der Waals surface area contributed by atoms with E-state index in [0.717, 1.165) is 17.2 Å². The minimum atomic E-state index is -0.168. The van der Waals surface area contributed by atoms with Gasteiger partial charge in [-0.25, -0.2) is 0 Å². The summed E-state index contributed by atoms with van der Waals surface area (Å²) in [7, 11) is 0. The van der Waals surface area contributed by atoms with Crippen LogP contribution in [-0.4, -0.2) is 5.97 Å². The van der Waals surface area contributed by atoms with Crippen molar-refractivity contribution in [3.8, 4) is 5.75 Å². The van der Waals surface area contributed by atoms with Gasteiger partial charge >= 0.3 is 57.4 Å². The van der Waals surface area contributed by atoms with Crippen LogP contribution in [0.25, 0.3) is 10.8 Å². The monoisotopic (exact) mass is 254 g/mol. The SMILES string of the molecule is CCCC(=O)Oc1cccc2ccccc12.[H-].[K+]. The normalized spacial score (nSPS) is 9.71. The fourth-order valence-corrected chi connectivity index (χ4v) is 1.66. The summed E-state index contributed by atoms with van der Waals surface area (Å²) in [5, 5.41) is 2.07. The molecule has 0 saturated heterocycles. The smallest absolute Gasteiger partial charge is 1.00 e. The van der Waals surface area contributed by atoms with Crippen molar-refractivity contribution in [2.75, 3.05) is 0 Å². The van der Waals surface area contributed by atoms with E-state index >= 15 is 0 Å². The molecule has 84 valence electrons. The van der Waals surface area contributed by atoms with Crippen LogP contribution in [0.3, 0.4) is 0 Å². The first-order valence-electron chi connectivity index (χ1n) is 5.49. The van der Waals surface area contributed by atoms with Crippen molar-refractivity contribution in [3.63, 3.8) is 0 Å². The van der Waals surface area contributed by atoms with Gasteiger partial charge < -0.3 is 6.16 Å². The van der Waals surface area contributed by atoms with Crippen molar-refractivity contribution in [2.24, 2.45) is 0 Å². The predicted octanol–water partition coefficient (Wildman–Crippen LogP) is 0.662. The molecule has 0 fully saturated rings. The first-order chi connectivity index (χ1) is 7.81. The quantitative estimate of drug-likeness (QED) is 0.457. The van der Waals surface area contributed by atoms with E-state index in [-0.39, 0.29) is 58.8 Å². The average molecular weight is 254 g/mol. The van der Waals surface area contributed by atoms with E-state index in [0.29, 0.717) is 12.2 Å². The van der Waals surface area contributed by atoms with E-state index in [1.807, 2.05) is 49.4 Å². The van der Waals surface area contributed by atoms with Crippen molar-refractivity contribution < 1.29 is 62.3 Å². The largest absolute Gasteiger partial charge is 1.00 e. The number of carbonyl (C=O) groups is 1. The molecule has 0 amide bonds. The van der Waals surface area contributed by atoms with Crippen LogP contribution in [0.1, 0.15) is 21.2 Å². The average Bonchev–Trinajstić information content (AvgIpc) is 2.30. The zero-order valence-electron chi connectivity index (χ0n) is 11.3. The van der Waals surface area contributed by atoms with Gasteiger partial charge in [-0.15, -0.1) is 0 Å². The molecular formula is C14H15KO2. The number of ether oxygens (including phenoxy) is 1. The summed E-state index contributed by atoms with van der Waals surface area (Å²) in [6.07, 6.45) is 1.27. The second-order valence-electron chi connectivity index (χ2n) is 3.70. The van der Waals surface area contributed by atoms with E-state index in [2.05, 4.69) is 0 Å². The Balaban J connectivity index is 0.00000144. The first-order valence-corrected chi connectivity index (χ1v) is 5.49. The Morgan fingerprint density at radius 2 is 1.88 bits per heavy atom. The van der Waals surface area contributed by atoms with E-state index in [1.165, 1.54) is 0 Å². The fourth-order valence-electron chi connectivity index (χ4n) is 1.66. The molecule has 17 heavy (non-hydrogen) atoms. The summed E-state index contributed by atoms with van der Waals surface area (Å²) < 4.78 is 5.33. The van der Waals surface area contributed by atoms with Gasteiger partial charge in [0.2, 0.25) is 0 Å².